The SMILES string of the molecule is CCOC(=O)N(C)CCC(=O)c1ccccn1. The van der Waals surface area contributed by atoms with Crippen molar-refractivity contribution < 1.29 is 14.3 Å². The number of ketones is 1. The maximum Gasteiger partial charge on any atom is 0.409 e. The van der Waals surface area contributed by atoms with Gasteiger partial charge in [0.05, 0.1) is 6.61 Å². The van der Waals surface area contributed by atoms with Crippen LogP contribution in [0, 0.1) is 0 Å². The molecule has 92 valence electrons. The van der Waals surface area contributed by atoms with E-state index < -0.39 is 6.09 Å². The first kappa shape index (κ1) is 13.2. The highest BCUT2D eigenvalue weighted by atomic mass is 16.5. The number of ether oxygens (including phenoxy) is 1. The maximum absolute atomic E-state index is 11.7. The van der Waals surface area contributed by atoms with Crippen LogP contribution in [0.2, 0.25) is 0 Å². The van der Waals surface area contributed by atoms with Gasteiger partial charge in [-0.25, -0.2) is 4.79 Å². The second-order valence-corrected chi connectivity index (χ2v) is 3.51. The molecule has 0 aliphatic carbocycles. The van der Waals surface area contributed by atoms with Gasteiger partial charge in [-0.15, -0.1) is 0 Å². The van der Waals surface area contributed by atoms with Crippen molar-refractivity contribution in [1.29, 1.82) is 0 Å². The maximum atomic E-state index is 11.7. The van der Waals surface area contributed by atoms with E-state index in [0.29, 0.717) is 18.8 Å². The van der Waals surface area contributed by atoms with E-state index in [1.54, 1.807) is 38.4 Å². The van der Waals surface area contributed by atoms with Gasteiger partial charge in [-0.2, -0.15) is 0 Å². The third kappa shape index (κ3) is 4.22. The number of carbonyl (C=O) groups is 2. The molecular weight excluding hydrogens is 220 g/mol. The van der Waals surface area contributed by atoms with E-state index in [2.05, 4.69) is 4.98 Å². The number of carbonyl (C=O) groups excluding carboxylic acids is 2. The summed E-state index contributed by atoms with van der Waals surface area (Å²) in [6.07, 6.45) is 1.40. The summed E-state index contributed by atoms with van der Waals surface area (Å²) in [6, 6.07) is 5.17. The van der Waals surface area contributed by atoms with E-state index in [9.17, 15) is 9.59 Å². The Kier molecular flexibility index (Phi) is 5.13. The molecule has 0 saturated heterocycles. The van der Waals surface area contributed by atoms with E-state index >= 15 is 0 Å². The molecule has 0 fully saturated rings. The number of aromatic nitrogens is 1. The second kappa shape index (κ2) is 6.62. The van der Waals surface area contributed by atoms with Gasteiger partial charge < -0.3 is 9.64 Å². The first-order valence-electron chi connectivity index (χ1n) is 5.47. The second-order valence-electron chi connectivity index (χ2n) is 3.51. The van der Waals surface area contributed by atoms with E-state index in [-0.39, 0.29) is 12.2 Å². The summed E-state index contributed by atoms with van der Waals surface area (Å²) in [7, 11) is 1.60. The number of rotatable bonds is 5. The lowest BCUT2D eigenvalue weighted by Crippen LogP contribution is -2.29. The van der Waals surface area contributed by atoms with Crippen molar-refractivity contribution in [2.24, 2.45) is 0 Å². The van der Waals surface area contributed by atoms with Gasteiger partial charge in [0.2, 0.25) is 0 Å². The summed E-state index contributed by atoms with van der Waals surface area (Å²) in [4.78, 5) is 28.3. The molecule has 0 saturated carbocycles. The van der Waals surface area contributed by atoms with Crippen LogP contribution in [0.15, 0.2) is 24.4 Å². The van der Waals surface area contributed by atoms with Crippen LogP contribution in [-0.4, -0.2) is 42.0 Å². The Bertz CT molecular complexity index is 379. The molecular formula is C12H16N2O3. The zero-order valence-corrected chi connectivity index (χ0v) is 10.0. The van der Waals surface area contributed by atoms with Gasteiger partial charge in [-0.3, -0.25) is 9.78 Å². The molecule has 1 rings (SSSR count). The van der Waals surface area contributed by atoms with Crippen LogP contribution in [0.5, 0.6) is 0 Å². The monoisotopic (exact) mass is 236 g/mol. The molecule has 5 nitrogen and oxygen atoms in total. The molecule has 0 aliphatic heterocycles. The van der Waals surface area contributed by atoms with E-state index in [1.807, 2.05) is 0 Å². The van der Waals surface area contributed by atoms with Gasteiger partial charge in [0.1, 0.15) is 5.69 Å². The standard InChI is InChI=1S/C12H16N2O3/c1-3-17-12(16)14(2)9-7-11(15)10-6-4-5-8-13-10/h4-6,8H,3,7,9H2,1-2H3. The Hall–Kier alpha value is -1.91. The number of hydrogen-bond acceptors (Lipinski definition) is 4. The average Bonchev–Trinajstić information content (AvgIpc) is 2.36. The Morgan fingerprint density at radius 1 is 1.41 bits per heavy atom. The third-order valence-corrected chi connectivity index (χ3v) is 2.20. The van der Waals surface area contributed by atoms with Crippen LogP contribution in [0.3, 0.4) is 0 Å². The topological polar surface area (TPSA) is 59.5 Å². The van der Waals surface area contributed by atoms with Crippen molar-refractivity contribution in [3.8, 4) is 0 Å². The fraction of sp³-hybridized carbons (Fsp3) is 0.417. The predicted molar refractivity (Wildman–Crippen MR) is 62.8 cm³/mol. The highest BCUT2D eigenvalue weighted by molar-refractivity contribution is 5.94. The molecule has 1 amide bonds. The normalized spacial score (nSPS) is 9.76. The molecule has 0 radical (unpaired) electrons. The molecule has 0 bridgehead atoms. The van der Waals surface area contributed by atoms with Crippen LogP contribution in [0.1, 0.15) is 23.8 Å². The molecule has 0 spiro atoms. The van der Waals surface area contributed by atoms with E-state index in [4.69, 9.17) is 4.74 Å². The fourth-order valence-corrected chi connectivity index (χ4v) is 1.25. The molecule has 0 N–H and O–H groups in total. The van der Waals surface area contributed by atoms with Crippen molar-refractivity contribution >= 4 is 11.9 Å². The van der Waals surface area contributed by atoms with Crippen molar-refractivity contribution in [1.82, 2.24) is 9.88 Å². The number of Topliss-reactive ketones (excluding diaryl/α,β-unsaturated/α-hetero) is 1. The molecule has 1 aromatic heterocycles. The van der Waals surface area contributed by atoms with Crippen molar-refractivity contribution in [2.75, 3.05) is 20.2 Å². The van der Waals surface area contributed by atoms with Crippen LogP contribution in [0.4, 0.5) is 4.79 Å². The van der Waals surface area contributed by atoms with Crippen LogP contribution in [0.25, 0.3) is 0 Å². The summed E-state index contributed by atoms with van der Waals surface area (Å²) in [6.45, 7) is 2.40. The Morgan fingerprint density at radius 3 is 2.76 bits per heavy atom. The minimum absolute atomic E-state index is 0.0817. The molecule has 1 heterocycles. The quantitative estimate of drug-likeness (QED) is 0.731. The number of amides is 1. The smallest absolute Gasteiger partial charge is 0.409 e. The molecule has 1 aromatic rings. The molecule has 0 aliphatic rings. The highest BCUT2D eigenvalue weighted by Crippen LogP contribution is 2.01. The van der Waals surface area contributed by atoms with Crippen LogP contribution in [-0.2, 0) is 4.74 Å². The number of nitrogens with zero attached hydrogens (tertiary/aromatic N) is 2. The lowest BCUT2D eigenvalue weighted by molar-refractivity contribution is 0.0943. The van der Waals surface area contributed by atoms with Gasteiger partial charge in [0, 0.05) is 26.2 Å². The highest BCUT2D eigenvalue weighted by Gasteiger charge is 2.12. The Labute approximate surface area is 100 Å². The van der Waals surface area contributed by atoms with Gasteiger partial charge in [0.15, 0.2) is 5.78 Å². The molecule has 17 heavy (non-hydrogen) atoms. The van der Waals surface area contributed by atoms with Crippen LogP contribution >= 0.6 is 0 Å². The van der Waals surface area contributed by atoms with Crippen LogP contribution < -0.4 is 0 Å². The fourth-order valence-electron chi connectivity index (χ4n) is 1.25. The van der Waals surface area contributed by atoms with Gasteiger partial charge in [-0.1, -0.05) is 6.07 Å². The zero-order valence-electron chi connectivity index (χ0n) is 10.0. The summed E-state index contributed by atoms with van der Waals surface area (Å²) in [5, 5.41) is 0. The zero-order chi connectivity index (χ0) is 12.7. The van der Waals surface area contributed by atoms with Gasteiger partial charge in [0.25, 0.3) is 0 Å². The summed E-state index contributed by atoms with van der Waals surface area (Å²) < 4.78 is 4.80. The molecule has 0 aromatic carbocycles. The number of hydrogen-bond donors (Lipinski definition) is 0. The van der Waals surface area contributed by atoms with Gasteiger partial charge >= 0.3 is 6.09 Å². The summed E-state index contributed by atoms with van der Waals surface area (Å²) in [5.74, 6) is -0.0817. The number of pyridine rings is 1. The first-order chi connectivity index (χ1) is 8.15. The van der Waals surface area contributed by atoms with Crippen molar-refractivity contribution in [2.45, 2.75) is 13.3 Å². The average molecular weight is 236 g/mol. The van der Waals surface area contributed by atoms with E-state index in [0.717, 1.165) is 0 Å². The predicted octanol–water partition coefficient (Wildman–Crippen LogP) is 1.74. The Balaban J connectivity index is 2.41. The van der Waals surface area contributed by atoms with Gasteiger partial charge in [-0.05, 0) is 19.1 Å². The summed E-state index contributed by atoms with van der Waals surface area (Å²) in [5.41, 5.74) is 0.421. The molecule has 0 atom stereocenters. The Morgan fingerprint density at radius 2 is 2.18 bits per heavy atom. The molecule has 5 heteroatoms. The lowest BCUT2D eigenvalue weighted by atomic mass is 10.2. The van der Waals surface area contributed by atoms with E-state index in [1.165, 1.54) is 4.90 Å². The minimum Gasteiger partial charge on any atom is -0.450 e. The molecule has 0 unspecified atom stereocenters. The first-order valence-corrected chi connectivity index (χ1v) is 5.47. The van der Waals surface area contributed by atoms with Crippen molar-refractivity contribution in [3.63, 3.8) is 0 Å². The largest absolute Gasteiger partial charge is 0.450 e. The summed E-state index contributed by atoms with van der Waals surface area (Å²) >= 11 is 0. The van der Waals surface area contributed by atoms with Crippen molar-refractivity contribution in [3.05, 3.63) is 30.1 Å². The third-order valence-electron chi connectivity index (χ3n) is 2.20. The lowest BCUT2D eigenvalue weighted by Gasteiger charge is -2.15. The minimum atomic E-state index is -0.415.